The molecule has 2 aromatic rings. The number of rotatable bonds is 4. The first kappa shape index (κ1) is 13.8. The zero-order valence-corrected chi connectivity index (χ0v) is 12.5. The summed E-state index contributed by atoms with van der Waals surface area (Å²) in [5, 5.41) is 0. The van der Waals surface area contributed by atoms with E-state index in [1.165, 1.54) is 22.3 Å². The van der Waals surface area contributed by atoms with Crippen LogP contribution in [0.5, 0.6) is 0 Å². The third-order valence-electron chi connectivity index (χ3n) is 3.39. The van der Waals surface area contributed by atoms with Crippen molar-refractivity contribution in [2.24, 2.45) is 0 Å². The van der Waals surface area contributed by atoms with E-state index >= 15 is 0 Å². The van der Waals surface area contributed by atoms with Gasteiger partial charge in [-0.3, -0.25) is 0 Å². The van der Waals surface area contributed by atoms with Gasteiger partial charge in [-0.25, -0.2) is 0 Å². The summed E-state index contributed by atoms with van der Waals surface area (Å²) in [6.07, 6.45) is 0. The van der Waals surface area contributed by atoms with E-state index in [-0.39, 0.29) is 0 Å². The van der Waals surface area contributed by atoms with E-state index in [0.717, 1.165) is 17.6 Å². The lowest BCUT2D eigenvalue weighted by molar-refractivity contribution is -0.916. The molecular weight excluding hydrogens is 230 g/mol. The number of nitrogens with zero attached hydrogens (tertiary/aromatic N) is 1. The smallest absolute Gasteiger partial charge is 0.104 e. The molecule has 0 N–H and O–H groups in total. The van der Waals surface area contributed by atoms with E-state index in [9.17, 15) is 0 Å². The first-order valence-corrected chi connectivity index (χ1v) is 6.88. The summed E-state index contributed by atoms with van der Waals surface area (Å²) >= 11 is 0. The Balaban J connectivity index is 2.10. The van der Waals surface area contributed by atoms with Crippen LogP contribution in [0.4, 0.5) is 0 Å². The standard InChI is InChI=1S/C18H24N/c1-15-7-5-9-17(11-15)13-19(3,4)14-18-10-6-8-16(2)12-18/h5-12H,13-14H2,1-4H3/q+1. The Morgan fingerprint density at radius 2 is 1.16 bits per heavy atom. The van der Waals surface area contributed by atoms with Crippen LogP contribution in [-0.2, 0) is 13.1 Å². The molecular formula is C18H24N+. The summed E-state index contributed by atoms with van der Waals surface area (Å²) in [5.41, 5.74) is 5.51. The third-order valence-corrected chi connectivity index (χ3v) is 3.39. The van der Waals surface area contributed by atoms with Crippen molar-refractivity contribution >= 4 is 0 Å². The normalized spacial score (nSPS) is 11.6. The van der Waals surface area contributed by atoms with E-state index in [0.29, 0.717) is 0 Å². The van der Waals surface area contributed by atoms with Gasteiger partial charge in [-0.1, -0.05) is 59.7 Å². The minimum absolute atomic E-state index is 0.979. The molecule has 0 amide bonds. The molecule has 2 rings (SSSR count). The molecule has 19 heavy (non-hydrogen) atoms. The minimum Gasteiger partial charge on any atom is -0.321 e. The van der Waals surface area contributed by atoms with Gasteiger partial charge in [-0.15, -0.1) is 0 Å². The van der Waals surface area contributed by atoms with Crippen molar-refractivity contribution in [3.05, 3.63) is 70.8 Å². The molecule has 0 aliphatic heterocycles. The van der Waals surface area contributed by atoms with Crippen LogP contribution in [0, 0.1) is 13.8 Å². The first-order valence-electron chi connectivity index (χ1n) is 6.88. The minimum atomic E-state index is 0.979. The Morgan fingerprint density at radius 3 is 1.53 bits per heavy atom. The SMILES string of the molecule is Cc1cccc(C[N+](C)(C)Cc2cccc(C)c2)c1. The highest BCUT2D eigenvalue weighted by atomic mass is 15.3. The highest BCUT2D eigenvalue weighted by Gasteiger charge is 2.16. The zero-order chi connectivity index (χ0) is 13.9. The third kappa shape index (κ3) is 4.22. The molecule has 0 heterocycles. The molecule has 0 radical (unpaired) electrons. The van der Waals surface area contributed by atoms with Crippen molar-refractivity contribution < 1.29 is 4.48 Å². The molecule has 0 aromatic heterocycles. The van der Waals surface area contributed by atoms with Gasteiger partial charge < -0.3 is 4.48 Å². The van der Waals surface area contributed by atoms with Gasteiger partial charge in [0.15, 0.2) is 0 Å². The Labute approximate surface area is 117 Å². The molecule has 100 valence electrons. The van der Waals surface area contributed by atoms with E-state index < -0.39 is 0 Å². The average molecular weight is 254 g/mol. The van der Waals surface area contributed by atoms with Gasteiger partial charge in [0.1, 0.15) is 13.1 Å². The lowest BCUT2D eigenvalue weighted by Gasteiger charge is -2.30. The highest BCUT2D eigenvalue weighted by molar-refractivity contribution is 5.23. The van der Waals surface area contributed by atoms with Crippen LogP contribution in [0.2, 0.25) is 0 Å². The number of aryl methyl sites for hydroxylation is 2. The summed E-state index contributed by atoms with van der Waals surface area (Å²) in [5.74, 6) is 0. The second kappa shape index (κ2) is 5.58. The number of hydrogen-bond donors (Lipinski definition) is 0. The number of benzene rings is 2. The predicted octanol–water partition coefficient (Wildman–Crippen LogP) is 4.08. The first-order chi connectivity index (χ1) is 8.94. The lowest BCUT2D eigenvalue weighted by atomic mass is 10.1. The molecule has 0 fully saturated rings. The molecule has 0 atom stereocenters. The number of hydrogen-bond acceptors (Lipinski definition) is 0. The summed E-state index contributed by atoms with van der Waals surface area (Å²) in [6.45, 7) is 6.44. The summed E-state index contributed by atoms with van der Waals surface area (Å²) in [7, 11) is 4.59. The van der Waals surface area contributed by atoms with E-state index in [1.54, 1.807) is 0 Å². The molecule has 2 aromatic carbocycles. The van der Waals surface area contributed by atoms with Gasteiger partial charge in [0.05, 0.1) is 14.1 Å². The van der Waals surface area contributed by atoms with Crippen molar-refractivity contribution in [2.45, 2.75) is 26.9 Å². The Kier molecular flexibility index (Phi) is 4.06. The van der Waals surface area contributed by atoms with E-state index in [4.69, 9.17) is 0 Å². The Bertz CT molecular complexity index is 506. The van der Waals surface area contributed by atoms with Crippen molar-refractivity contribution in [2.75, 3.05) is 14.1 Å². The van der Waals surface area contributed by atoms with Crippen molar-refractivity contribution in [3.8, 4) is 0 Å². The van der Waals surface area contributed by atoms with Crippen LogP contribution >= 0.6 is 0 Å². The van der Waals surface area contributed by atoms with Gasteiger partial charge in [0.25, 0.3) is 0 Å². The van der Waals surface area contributed by atoms with Crippen molar-refractivity contribution in [3.63, 3.8) is 0 Å². The lowest BCUT2D eigenvalue weighted by Crippen LogP contribution is -2.37. The quantitative estimate of drug-likeness (QED) is 0.721. The van der Waals surface area contributed by atoms with Gasteiger partial charge in [-0.05, 0) is 13.8 Å². The second-order valence-corrected chi connectivity index (χ2v) is 6.23. The maximum Gasteiger partial charge on any atom is 0.104 e. The van der Waals surface area contributed by atoms with Crippen LogP contribution < -0.4 is 0 Å². The van der Waals surface area contributed by atoms with E-state index in [1.807, 2.05) is 0 Å². The molecule has 0 saturated heterocycles. The molecule has 1 heteroatoms. The molecule has 0 aliphatic rings. The Morgan fingerprint density at radius 1 is 0.737 bits per heavy atom. The highest BCUT2D eigenvalue weighted by Crippen LogP contribution is 2.16. The predicted molar refractivity (Wildman–Crippen MR) is 81.9 cm³/mol. The summed E-state index contributed by atoms with van der Waals surface area (Å²) in [6, 6.07) is 17.6. The molecule has 0 saturated carbocycles. The van der Waals surface area contributed by atoms with Gasteiger partial charge >= 0.3 is 0 Å². The van der Waals surface area contributed by atoms with Crippen LogP contribution in [0.25, 0.3) is 0 Å². The van der Waals surface area contributed by atoms with Crippen LogP contribution in [0.3, 0.4) is 0 Å². The topological polar surface area (TPSA) is 0 Å². The van der Waals surface area contributed by atoms with Gasteiger partial charge in [-0.2, -0.15) is 0 Å². The monoisotopic (exact) mass is 254 g/mol. The molecule has 1 nitrogen and oxygen atoms in total. The fourth-order valence-electron chi connectivity index (χ4n) is 2.67. The van der Waals surface area contributed by atoms with Crippen molar-refractivity contribution in [1.29, 1.82) is 0 Å². The summed E-state index contributed by atoms with van der Waals surface area (Å²) in [4.78, 5) is 0. The maximum absolute atomic E-state index is 2.30. The van der Waals surface area contributed by atoms with E-state index in [2.05, 4.69) is 76.5 Å². The van der Waals surface area contributed by atoms with Crippen molar-refractivity contribution in [1.82, 2.24) is 0 Å². The summed E-state index contributed by atoms with van der Waals surface area (Å²) < 4.78 is 0.979. The van der Waals surface area contributed by atoms with Gasteiger partial charge in [0.2, 0.25) is 0 Å². The molecule has 0 spiro atoms. The maximum atomic E-state index is 2.30. The fourth-order valence-corrected chi connectivity index (χ4v) is 2.67. The average Bonchev–Trinajstić information content (AvgIpc) is 2.27. The molecule has 0 bridgehead atoms. The van der Waals surface area contributed by atoms with Gasteiger partial charge in [0, 0.05) is 11.1 Å². The Hall–Kier alpha value is -1.60. The fraction of sp³-hybridized carbons (Fsp3) is 0.333. The zero-order valence-electron chi connectivity index (χ0n) is 12.5. The molecule has 0 unspecified atom stereocenters. The van der Waals surface area contributed by atoms with Crippen LogP contribution in [0.1, 0.15) is 22.3 Å². The largest absolute Gasteiger partial charge is 0.321 e. The van der Waals surface area contributed by atoms with Crippen LogP contribution in [0.15, 0.2) is 48.5 Å². The van der Waals surface area contributed by atoms with Crippen LogP contribution in [-0.4, -0.2) is 18.6 Å². The molecule has 0 aliphatic carbocycles. The number of quaternary nitrogens is 1. The second-order valence-electron chi connectivity index (χ2n) is 6.23.